The van der Waals surface area contributed by atoms with Crippen molar-refractivity contribution in [3.63, 3.8) is 0 Å². The predicted octanol–water partition coefficient (Wildman–Crippen LogP) is 3.18. The molecule has 13 heavy (non-hydrogen) atoms. The lowest BCUT2D eigenvalue weighted by atomic mass is 10.2. The third kappa shape index (κ3) is 8.47. The van der Waals surface area contributed by atoms with Crippen molar-refractivity contribution < 1.29 is 8.85 Å². The summed E-state index contributed by atoms with van der Waals surface area (Å²) in [7, 11) is -1.80. The quantitative estimate of drug-likeness (QED) is 0.468. The van der Waals surface area contributed by atoms with Crippen LogP contribution in [0.15, 0.2) is 0 Å². The minimum absolute atomic E-state index is 0.599. The van der Waals surface area contributed by atoms with Crippen LogP contribution in [0, 0.1) is 5.92 Å². The zero-order chi connectivity index (χ0) is 10.3. The summed E-state index contributed by atoms with van der Waals surface area (Å²) in [5, 5.41) is 0. The maximum atomic E-state index is 5.75. The van der Waals surface area contributed by atoms with E-state index < -0.39 is 8.56 Å². The monoisotopic (exact) mass is 204 g/mol. The average Bonchev–Trinajstić information content (AvgIpc) is 2.02. The molecule has 3 heteroatoms. The highest BCUT2D eigenvalue weighted by Crippen LogP contribution is 2.09. The number of hydrogen-bond donors (Lipinski definition) is 0. The molecule has 0 heterocycles. The fourth-order valence-corrected chi connectivity index (χ4v) is 2.33. The van der Waals surface area contributed by atoms with E-state index in [0.29, 0.717) is 5.92 Å². The van der Waals surface area contributed by atoms with Gasteiger partial charge in [0, 0.05) is 13.2 Å². The van der Waals surface area contributed by atoms with Crippen molar-refractivity contribution in [3.8, 4) is 0 Å². The number of unbranched alkanes of at least 4 members (excludes halogenated alkanes) is 1. The largest absolute Gasteiger partial charge is 0.395 e. The molecule has 0 bridgehead atoms. The van der Waals surface area contributed by atoms with Crippen molar-refractivity contribution in [2.24, 2.45) is 5.92 Å². The SMILES string of the molecule is CCCCO[Si](C)(C)OCC(C)C. The Labute approximate surface area is 83.9 Å². The van der Waals surface area contributed by atoms with E-state index in [2.05, 4.69) is 33.9 Å². The van der Waals surface area contributed by atoms with Gasteiger partial charge >= 0.3 is 8.56 Å². The number of rotatable bonds is 7. The molecule has 0 aromatic rings. The van der Waals surface area contributed by atoms with E-state index in [9.17, 15) is 0 Å². The van der Waals surface area contributed by atoms with Crippen LogP contribution >= 0.6 is 0 Å². The Hall–Kier alpha value is 0.137. The second-order valence-corrected chi connectivity index (χ2v) is 7.68. The van der Waals surface area contributed by atoms with Crippen molar-refractivity contribution in [3.05, 3.63) is 0 Å². The van der Waals surface area contributed by atoms with Gasteiger partial charge in [0.25, 0.3) is 0 Å². The van der Waals surface area contributed by atoms with Crippen LogP contribution in [0.25, 0.3) is 0 Å². The lowest BCUT2D eigenvalue weighted by Gasteiger charge is -2.23. The Morgan fingerprint density at radius 2 is 1.77 bits per heavy atom. The minimum Gasteiger partial charge on any atom is -0.395 e. The van der Waals surface area contributed by atoms with Crippen LogP contribution in [0.1, 0.15) is 33.6 Å². The molecule has 0 rings (SSSR count). The van der Waals surface area contributed by atoms with Gasteiger partial charge < -0.3 is 8.85 Å². The normalized spacial score (nSPS) is 12.5. The Kier molecular flexibility index (Phi) is 6.64. The molecule has 2 nitrogen and oxygen atoms in total. The molecular formula is C10H24O2Si. The maximum absolute atomic E-state index is 5.75. The van der Waals surface area contributed by atoms with Crippen LogP contribution < -0.4 is 0 Å². The maximum Gasteiger partial charge on any atom is 0.331 e. The summed E-state index contributed by atoms with van der Waals surface area (Å²) in [5.41, 5.74) is 0. The van der Waals surface area contributed by atoms with Gasteiger partial charge in [-0.15, -0.1) is 0 Å². The summed E-state index contributed by atoms with van der Waals surface area (Å²) < 4.78 is 11.5. The van der Waals surface area contributed by atoms with Crippen molar-refractivity contribution in [2.45, 2.75) is 46.7 Å². The molecule has 0 aliphatic rings. The average molecular weight is 204 g/mol. The second kappa shape index (κ2) is 6.57. The molecule has 0 saturated carbocycles. The fourth-order valence-electron chi connectivity index (χ4n) is 0.871. The topological polar surface area (TPSA) is 18.5 Å². The van der Waals surface area contributed by atoms with E-state index >= 15 is 0 Å². The molecule has 0 aromatic heterocycles. The van der Waals surface area contributed by atoms with Gasteiger partial charge in [0.1, 0.15) is 0 Å². The Morgan fingerprint density at radius 1 is 1.15 bits per heavy atom. The molecule has 0 spiro atoms. The highest BCUT2D eigenvalue weighted by Gasteiger charge is 2.24. The van der Waals surface area contributed by atoms with Gasteiger partial charge in [-0.3, -0.25) is 0 Å². The van der Waals surface area contributed by atoms with Gasteiger partial charge in [-0.25, -0.2) is 0 Å². The van der Waals surface area contributed by atoms with E-state index in [-0.39, 0.29) is 0 Å². The van der Waals surface area contributed by atoms with Gasteiger partial charge in [0.15, 0.2) is 0 Å². The Balaban J connectivity index is 3.54. The van der Waals surface area contributed by atoms with E-state index in [1.165, 1.54) is 6.42 Å². The van der Waals surface area contributed by atoms with Crippen LogP contribution in [0.4, 0.5) is 0 Å². The van der Waals surface area contributed by atoms with Crippen molar-refractivity contribution >= 4 is 8.56 Å². The molecule has 0 aliphatic heterocycles. The molecule has 80 valence electrons. The van der Waals surface area contributed by atoms with E-state index in [4.69, 9.17) is 8.85 Å². The summed E-state index contributed by atoms with van der Waals surface area (Å²) in [6.45, 7) is 12.4. The van der Waals surface area contributed by atoms with Gasteiger partial charge in [-0.05, 0) is 25.4 Å². The number of hydrogen-bond acceptors (Lipinski definition) is 2. The van der Waals surface area contributed by atoms with Gasteiger partial charge in [0.2, 0.25) is 0 Å². The first kappa shape index (κ1) is 13.1. The van der Waals surface area contributed by atoms with E-state index in [1.807, 2.05) is 0 Å². The molecule has 0 fully saturated rings. The van der Waals surface area contributed by atoms with Gasteiger partial charge in [-0.1, -0.05) is 27.2 Å². The van der Waals surface area contributed by atoms with Gasteiger partial charge in [-0.2, -0.15) is 0 Å². The molecule has 0 saturated heterocycles. The lowest BCUT2D eigenvalue weighted by molar-refractivity contribution is 0.160. The highest BCUT2D eigenvalue weighted by molar-refractivity contribution is 6.64. The highest BCUT2D eigenvalue weighted by atomic mass is 28.4. The standard InChI is InChI=1S/C10H24O2Si/c1-6-7-8-11-13(4,5)12-9-10(2)3/h10H,6-9H2,1-5H3. The zero-order valence-electron chi connectivity index (χ0n) is 9.72. The van der Waals surface area contributed by atoms with Crippen LogP contribution in [-0.4, -0.2) is 21.8 Å². The van der Waals surface area contributed by atoms with Crippen molar-refractivity contribution in [1.29, 1.82) is 0 Å². The van der Waals surface area contributed by atoms with Crippen molar-refractivity contribution in [1.82, 2.24) is 0 Å². The summed E-state index contributed by atoms with van der Waals surface area (Å²) in [6, 6.07) is 0. The van der Waals surface area contributed by atoms with Crippen LogP contribution in [0.5, 0.6) is 0 Å². The van der Waals surface area contributed by atoms with Crippen LogP contribution in [0.3, 0.4) is 0 Å². The first-order valence-electron chi connectivity index (χ1n) is 5.26. The first-order chi connectivity index (χ1) is 5.98. The summed E-state index contributed by atoms with van der Waals surface area (Å²) in [5.74, 6) is 0.599. The van der Waals surface area contributed by atoms with Crippen LogP contribution in [0.2, 0.25) is 13.1 Å². The van der Waals surface area contributed by atoms with E-state index in [0.717, 1.165) is 19.6 Å². The molecule has 0 N–H and O–H groups in total. The molecule has 0 unspecified atom stereocenters. The minimum atomic E-state index is -1.80. The summed E-state index contributed by atoms with van der Waals surface area (Å²) in [4.78, 5) is 0. The van der Waals surface area contributed by atoms with Crippen LogP contribution in [-0.2, 0) is 8.85 Å². The molecule has 0 radical (unpaired) electrons. The third-order valence-electron chi connectivity index (χ3n) is 1.71. The lowest BCUT2D eigenvalue weighted by Crippen LogP contribution is -2.36. The molecule has 0 aromatic carbocycles. The molecule has 0 aliphatic carbocycles. The van der Waals surface area contributed by atoms with Crippen molar-refractivity contribution in [2.75, 3.05) is 13.2 Å². The fraction of sp³-hybridized carbons (Fsp3) is 1.00. The first-order valence-corrected chi connectivity index (χ1v) is 8.07. The van der Waals surface area contributed by atoms with E-state index in [1.54, 1.807) is 0 Å². The Bertz CT molecular complexity index is 124. The smallest absolute Gasteiger partial charge is 0.331 e. The summed E-state index contributed by atoms with van der Waals surface area (Å²) >= 11 is 0. The molecule has 0 amide bonds. The Morgan fingerprint density at radius 3 is 2.23 bits per heavy atom. The third-order valence-corrected chi connectivity index (χ3v) is 3.47. The summed E-state index contributed by atoms with van der Waals surface area (Å²) in [6.07, 6.45) is 2.33. The molecular weight excluding hydrogens is 180 g/mol. The van der Waals surface area contributed by atoms with Gasteiger partial charge in [0.05, 0.1) is 0 Å². The zero-order valence-corrected chi connectivity index (χ0v) is 10.7. The second-order valence-electron chi connectivity index (χ2n) is 4.31. The predicted molar refractivity (Wildman–Crippen MR) is 59.1 cm³/mol. The molecule has 0 atom stereocenters.